The third-order valence-electron chi connectivity index (χ3n) is 9.43. The van der Waals surface area contributed by atoms with Crippen molar-refractivity contribution in [2.75, 3.05) is 0 Å². The van der Waals surface area contributed by atoms with Crippen molar-refractivity contribution < 1.29 is 0 Å². The SMILES string of the molecule is C[SiH-]1(C)c2ccccc2-c2c(-c3ccc4sc5ccccc5c4c3)cc3c4ccccc4n(-c4ccccc4)c3c21. The molecule has 3 heteroatoms. The van der Waals surface area contributed by atoms with E-state index in [2.05, 4.69) is 145 Å². The summed E-state index contributed by atoms with van der Waals surface area (Å²) < 4.78 is 5.24. The van der Waals surface area contributed by atoms with Crippen LogP contribution in [-0.2, 0) is 0 Å². The van der Waals surface area contributed by atoms with Crippen LogP contribution in [0.5, 0.6) is 0 Å². The molecule has 3 heterocycles. The van der Waals surface area contributed by atoms with Gasteiger partial charge < -0.3 is 0 Å². The second-order valence-corrected chi connectivity index (χ2v) is 18.1. The van der Waals surface area contributed by atoms with Gasteiger partial charge in [0.2, 0.25) is 0 Å². The first-order valence-electron chi connectivity index (χ1n) is 14.5. The fourth-order valence-electron chi connectivity index (χ4n) is 7.63. The molecule has 0 N–H and O–H groups in total. The molecule has 0 saturated heterocycles. The molecule has 0 unspecified atom stereocenters. The third kappa shape index (κ3) is 3.10. The molecule has 1 nitrogen and oxygen atoms in total. The minimum absolute atomic E-state index is 1.23. The number of benzene rings is 6. The number of fused-ring (bicyclic) bond motifs is 10. The van der Waals surface area contributed by atoms with Crippen LogP contribution < -0.4 is 10.4 Å². The molecule has 41 heavy (non-hydrogen) atoms. The number of rotatable bonds is 2. The zero-order chi connectivity index (χ0) is 27.3. The van der Waals surface area contributed by atoms with Crippen molar-refractivity contribution in [2.24, 2.45) is 0 Å². The Morgan fingerprint density at radius 2 is 1.27 bits per heavy atom. The molecule has 196 valence electrons. The van der Waals surface area contributed by atoms with Crippen molar-refractivity contribution in [3.8, 4) is 27.9 Å². The molecule has 0 aliphatic carbocycles. The van der Waals surface area contributed by atoms with Gasteiger partial charge in [0.15, 0.2) is 0 Å². The molecular formula is C38H28NSSi-. The molecular weight excluding hydrogens is 531 g/mol. The fraction of sp³-hybridized carbons (Fsp3) is 0.0526. The van der Waals surface area contributed by atoms with Gasteiger partial charge in [0.25, 0.3) is 0 Å². The van der Waals surface area contributed by atoms with Gasteiger partial charge in [-0.1, -0.05) is 0 Å². The summed E-state index contributed by atoms with van der Waals surface area (Å²) >= 11 is 1.89. The van der Waals surface area contributed by atoms with E-state index in [-0.39, 0.29) is 0 Å². The summed E-state index contributed by atoms with van der Waals surface area (Å²) in [5.41, 5.74) is 9.44. The van der Waals surface area contributed by atoms with Gasteiger partial charge in [0, 0.05) is 0 Å². The Morgan fingerprint density at radius 3 is 2.15 bits per heavy atom. The van der Waals surface area contributed by atoms with Gasteiger partial charge >= 0.3 is 245 Å². The Balaban J connectivity index is 1.48. The third-order valence-corrected chi connectivity index (χ3v) is 14.6. The van der Waals surface area contributed by atoms with Gasteiger partial charge in [0.1, 0.15) is 0 Å². The van der Waals surface area contributed by atoms with Crippen LogP contribution in [-0.4, -0.2) is 12.6 Å². The average Bonchev–Trinajstić information content (AvgIpc) is 3.63. The average molecular weight is 559 g/mol. The zero-order valence-electron chi connectivity index (χ0n) is 23.1. The first-order valence-corrected chi connectivity index (χ1v) is 18.8. The van der Waals surface area contributed by atoms with Gasteiger partial charge in [-0.2, -0.15) is 0 Å². The van der Waals surface area contributed by atoms with Crippen LogP contribution in [0.1, 0.15) is 0 Å². The van der Waals surface area contributed by atoms with Gasteiger partial charge in [-0.25, -0.2) is 0 Å². The Hall–Kier alpha value is -4.44. The van der Waals surface area contributed by atoms with Crippen LogP contribution in [0.2, 0.25) is 13.1 Å². The quantitative estimate of drug-likeness (QED) is 0.186. The number of nitrogens with zero attached hydrogens (tertiary/aromatic N) is 1. The van der Waals surface area contributed by atoms with E-state index in [1.165, 1.54) is 69.9 Å². The normalized spacial score (nSPS) is 14.6. The Morgan fingerprint density at radius 1 is 0.561 bits per heavy atom. The number of thiophene rings is 1. The summed E-state index contributed by atoms with van der Waals surface area (Å²) in [5.74, 6) is 0. The number of hydrogen-bond donors (Lipinski definition) is 0. The van der Waals surface area contributed by atoms with E-state index in [9.17, 15) is 0 Å². The van der Waals surface area contributed by atoms with E-state index in [1.807, 2.05) is 11.3 Å². The molecule has 0 bridgehead atoms. The van der Waals surface area contributed by atoms with E-state index in [0.29, 0.717) is 0 Å². The van der Waals surface area contributed by atoms with Gasteiger partial charge in [-0.3, -0.25) is 0 Å². The van der Waals surface area contributed by atoms with Crippen LogP contribution in [0.4, 0.5) is 0 Å². The van der Waals surface area contributed by atoms with Crippen molar-refractivity contribution in [3.05, 3.63) is 127 Å². The molecule has 1 aliphatic rings. The van der Waals surface area contributed by atoms with Crippen molar-refractivity contribution in [1.82, 2.24) is 4.57 Å². The summed E-state index contributed by atoms with van der Waals surface area (Å²) in [6.07, 6.45) is 0. The minimum atomic E-state index is -2.42. The molecule has 0 atom stereocenters. The fourth-order valence-corrected chi connectivity index (χ4v) is 12.6. The first kappa shape index (κ1) is 23.3. The van der Waals surface area contributed by atoms with Crippen molar-refractivity contribution in [2.45, 2.75) is 13.1 Å². The number of aromatic nitrogens is 1. The maximum absolute atomic E-state index is 2.57. The summed E-state index contributed by atoms with van der Waals surface area (Å²) in [4.78, 5) is 0. The Kier molecular flexibility index (Phi) is 4.71. The summed E-state index contributed by atoms with van der Waals surface area (Å²) in [6.45, 7) is 5.15. The second kappa shape index (κ2) is 8.29. The van der Waals surface area contributed by atoms with Crippen LogP contribution in [0.25, 0.3) is 69.9 Å². The van der Waals surface area contributed by atoms with Crippen LogP contribution in [0.15, 0.2) is 127 Å². The predicted octanol–water partition coefficient (Wildman–Crippen LogP) is 9.35. The topological polar surface area (TPSA) is 4.93 Å². The van der Waals surface area contributed by atoms with E-state index in [4.69, 9.17) is 0 Å². The molecule has 0 radical (unpaired) electrons. The standard InChI is InChI=1S/C38H28NSSi/c1-41(2)35-19-11-8-16-28(35)36-29(24-20-21-34-30(22-24)27-15-7-10-18-33(27)40-34)23-31-26-14-6-9-17-32(26)39(37(31)38(36)41)25-12-4-3-5-13-25/h3-23,41H,1-2H3/q-1. The van der Waals surface area contributed by atoms with Crippen LogP contribution >= 0.6 is 11.3 Å². The van der Waals surface area contributed by atoms with Crippen LogP contribution in [0.3, 0.4) is 0 Å². The molecule has 0 spiro atoms. The van der Waals surface area contributed by atoms with Gasteiger partial charge in [-0.05, 0) is 0 Å². The van der Waals surface area contributed by atoms with Gasteiger partial charge in [0.05, 0.1) is 0 Å². The van der Waals surface area contributed by atoms with E-state index in [0.717, 1.165) is 0 Å². The number of hydrogen-bond acceptors (Lipinski definition) is 1. The van der Waals surface area contributed by atoms with E-state index < -0.39 is 8.07 Å². The predicted molar refractivity (Wildman–Crippen MR) is 183 cm³/mol. The monoisotopic (exact) mass is 558 g/mol. The van der Waals surface area contributed by atoms with Crippen molar-refractivity contribution in [1.29, 1.82) is 0 Å². The Labute approximate surface area is 243 Å². The Bertz CT molecular complexity index is 2340. The summed E-state index contributed by atoms with van der Waals surface area (Å²) in [7, 11) is -2.42. The molecule has 1 aliphatic heterocycles. The van der Waals surface area contributed by atoms with Crippen molar-refractivity contribution in [3.63, 3.8) is 0 Å². The molecule has 0 amide bonds. The molecule has 0 fully saturated rings. The van der Waals surface area contributed by atoms with Crippen LogP contribution in [0, 0.1) is 0 Å². The maximum atomic E-state index is 2.57. The van der Waals surface area contributed by atoms with Crippen molar-refractivity contribution >= 4 is 71.8 Å². The number of para-hydroxylation sites is 2. The van der Waals surface area contributed by atoms with E-state index >= 15 is 0 Å². The first-order chi connectivity index (χ1) is 20.1. The molecule has 2 aromatic heterocycles. The van der Waals surface area contributed by atoms with E-state index in [1.54, 1.807) is 10.4 Å². The van der Waals surface area contributed by atoms with Gasteiger partial charge in [-0.15, -0.1) is 0 Å². The summed E-state index contributed by atoms with van der Waals surface area (Å²) in [5, 5.41) is 8.54. The summed E-state index contributed by atoms with van der Waals surface area (Å²) in [6, 6.07) is 47.6. The molecule has 0 saturated carbocycles. The molecule has 8 aromatic rings. The zero-order valence-corrected chi connectivity index (χ0v) is 25.0. The second-order valence-electron chi connectivity index (χ2n) is 12.1. The molecule has 9 rings (SSSR count). The molecule has 6 aromatic carbocycles.